The summed E-state index contributed by atoms with van der Waals surface area (Å²) >= 11 is 0. The molecule has 140 valence electrons. The van der Waals surface area contributed by atoms with Crippen LogP contribution in [0.1, 0.15) is 30.9 Å². The molecule has 0 unspecified atom stereocenters. The van der Waals surface area contributed by atoms with Crippen LogP contribution < -0.4 is 15.4 Å². The number of carbonyl (C=O) groups is 1. The highest BCUT2D eigenvalue weighted by Crippen LogP contribution is 2.28. The number of aryl methyl sites for hydroxylation is 1. The van der Waals surface area contributed by atoms with Gasteiger partial charge in [-0.2, -0.15) is 5.10 Å². The number of hydrogen-bond donors (Lipinski definition) is 2. The van der Waals surface area contributed by atoms with Crippen molar-refractivity contribution in [1.82, 2.24) is 20.4 Å². The Labute approximate surface area is 154 Å². The summed E-state index contributed by atoms with van der Waals surface area (Å²) in [6.07, 6.45) is 3.85. The molecule has 0 bridgehead atoms. The van der Waals surface area contributed by atoms with Gasteiger partial charge in [0.25, 0.3) is 0 Å². The number of benzene rings is 1. The van der Waals surface area contributed by atoms with Crippen LogP contribution in [0.15, 0.2) is 36.7 Å². The Morgan fingerprint density at radius 2 is 2.19 bits per heavy atom. The summed E-state index contributed by atoms with van der Waals surface area (Å²) in [5.41, 5.74) is 2.11. The molecule has 2 atom stereocenters. The minimum Gasteiger partial charge on any atom is -0.493 e. The number of hydrogen-bond acceptors (Lipinski definition) is 4. The van der Waals surface area contributed by atoms with Gasteiger partial charge < -0.3 is 15.4 Å². The maximum atomic E-state index is 12.8. The van der Waals surface area contributed by atoms with Gasteiger partial charge in [0.2, 0.25) is 5.91 Å². The molecule has 1 aliphatic heterocycles. The van der Waals surface area contributed by atoms with Gasteiger partial charge in [0.05, 0.1) is 18.7 Å². The fourth-order valence-electron chi connectivity index (χ4n) is 3.30. The molecule has 26 heavy (non-hydrogen) atoms. The third-order valence-electron chi connectivity index (χ3n) is 4.70. The number of ether oxygens (including phenoxy) is 1. The lowest BCUT2D eigenvalue weighted by atomic mass is 9.90. The van der Waals surface area contributed by atoms with E-state index in [0.29, 0.717) is 25.6 Å². The Kier molecular flexibility index (Phi) is 5.93. The molecule has 0 aliphatic carbocycles. The first kappa shape index (κ1) is 18.5. The second-order valence-corrected chi connectivity index (χ2v) is 7.35. The summed E-state index contributed by atoms with van der Waals surface area (Å²) in [6.45, 7) is 6.88. The largest absolute Gasteiger partial charge is 0.493 e. The van der Waals surface area contributed by atoms with E-state index in [2.05, 4.69) is 29.6 Å². The first-order valence-electron chi connectivity index (χ1n) is 9.22. The Hall–Kier alpha value is -2.34. The van der Waals surface area contributed by atoms with Crippen LogP contribution in [0.5, 0.6) is 5.75 Å². The molecular weight excluding hydrogens is 328 g/mol. The highest BCUT2D eigenvalue weighted by atomic mass is 16.5. The normalized spacial score (nSPS) is 19.7. The number of rotatable bonds is 7. The molecule has 6 heteroatoms. The summed E-state index contributed by atoms with van der Waals surface area (Å²) in [6, 6.07) is 7.89. The fourth-order valence-corrected chi connectivity index (χ4v) is 3.30. The zero-order chi connectivity index (χ0) is 18.5. The van der Waals surface area contributed by atoms with Gasteiger partial charge in [0.1, 0.15) is 5.75 Å². The summed E-state index contributed by atoms with van der Waals surface area (Å²) in [7, 11) is 1.90. The fraction of sp³-hybridized carbons (Fsp3) is 0.500. The highest BCUT2D eigenvalue weighted by Gasteiger charge is 2.34. The average Bonchev–Trinajstić information content (AvgIpc) is 3.27. The molecule has 2 heterocycles. The number of amides is 1. The molecule has 1 saturated heterocycles. The minimum absolute atomic E-state index is 0.0718. The van der Waals surface area contributed by atoms with Gasteiger partial charge in [-0.1, -0.05) is 32.0 Å². The Morgan fingerprint density at radius 3 is 2.92 bits per heavy atom. The van der Waals surface area contributed by atoms with Crippen molar-refractivity contribution in [2.24, 2.45) is 18.9 Å². The molecule has 6 nitrogen and oxygen atoms in total. The number of carbonyl (C=O) groups excluding carboxylic acids is 1. The van der Waals surface area contributed by atoms with Crippen LogP contribution in [0.3, 0.4) is 0 Å². The Bertz CT molecular complexity index is 741. The van der Waals surface area contributed by atoms with E-state index in [-0.39, 0.29) is 17.7 Å². The van der Waals surface area contributed by atoms with E-state index >= 15 is 0 Å². The minimum atomic E-state index is -0.0806. The summed E-state index contributed by atoms with van der Waals surface area (Å²) in [5, 5.41) is 10.7. The van der Waals surface area contributed by atoms with Crippen LogP contribution in [-0.2, 0) is 18.4 Å². The van der Waals surface area contributed by atoms with Gasteiger partial charge in [0, 0.05) is 44.4 Å². The van der Waals surface area contributed by atoms with Crippen molar-refractivity contribution in [1.29, 1.82) is 0 Å². The van der Waals surface area contributed by atoms with Gasteiger partial charge in [-0.25, -0.2) is 0 Å². The van der Waals surface area contributed by atoms with Crippen molar-refractivity contribution in [3.05, 3.63) is 47.8 Å². The zero-order valence-electron chi connectivity index (χ0n) is 15.7. The maximum absolute atomic E-state index is 12.8. The smallest absolute Gasteiger partial charge is 0.225 e. The van der Waals surface area contributed by atoms with Crippen molar-refractivity contribution in [3.63, 3.8) is 0 Å². The number of para-hydroxylation sites is 1. The Balaban J connectivity index is 1.62. The molecule has 1 aromatic heterocycles. The monoisotopic (exact) mass is 356 g/mol. The van der Waals surface area contributed by atoms with Gasteiger partial charge >= 0.3 is 0 Å². The number of aromatic nitrogens is 2. The zero-order valence-corrected chi connectivity index (χ0v) is 15.7. The Morgan fingerprint density at radius 1 is 1.38 bits per heavy atom. The molecule has 2 aromatic rings. The van der Waals surface area contributed by atoms with E-state index in [1.54, 1.807) is 4.68 Å². The first-order valence-corrected chi connectivity index (χ1v) is 9.22. The molecule has 0 radical (unpaired) electrons. The molecule has 3 rings (SSSR count). The highest BCUT2D eigenvalue weighted by molar-refractivity contribution is 5.80. The van der Waals surface area contributed by atoms with Crippen molar-refractivity contribution in [2.45, 2.75) is 26.3 Å². The van der Waals surface area contributed by atoms with E-state index in [1.807, 2.05) is 43.7 Å². The molecular formula is C20H28N4O2. The van der Waals surface area contributed by atoms with Crippen molar-refractivity contribution < 1.29 is 9.53 Å². The standard InChI is InChI=1S/C20H28N4O2/c1-14(2)13-26-19-7-5-4-6-15(19)8-22-20(25)18-11-21-10-17(18)16-9-23-24(3)12-16/h4-7,9,12,14,17-18,21H,8,10-11,13H2,1-3H3,(H,22,25)/t17-,18+/m1/s1. The summed E-state index contributed by atoms with van der Waals surface area (Å²) in [4.78, 5) is 12.8. The van der Waals surface area contributed by atoms with E-state index in [1.165, 1.54) is 0 Å². The van der Waals surface area contributed by atoms with E-state index in [4.69, 9.17) is 4.74 Å². The third-order valence-corrected chi connectivity index (χ3v) is 4.70. The van der Waals surface area contributed by atoms with E-state index < -0.39 is 0 Å². The van der Waals surface area contributed by atoms with Crippen LogP contribution in [0.4, 0.5) is 0 Å². The predicted octanol–water partition coefficient (Wildman–Crippen LogP) is 2.07. The number of nitrogens with one attached hydrogen (secondary N) is 2. The number of nitrogens with zero attached hydrogens (tertiary/aromatic N) is 2. The molecule has 2 N–H and O–H groups in total. The molecule has 1 fully saturated rings. The van der Waals surface area contributed by atoms with E-state index in [0.717, 1.165) is 23.4 Å². The van der Waals surface area contributed by atoms with Crippen LogP contribution in [0.25, 0.3) is 0 Å². The van der Waals surface area contributed by atoms with Crippen LogP contribution in [0.2, 0.25) is 0 Å². The van der Waals surface area contributed by atoms with Crippen LogP contribution in [-0.4, -0.2) is 35.4 Å². The summed E-state index contributed by atoms with van der Waals surface area (Å²) in [5.74, 6) is 1.46. The van der Waals surface area contributed by atoms with Crippen molar-refractivity contribution >= 4 is 5.91 Å². The molecule has 1 aromatic carbocycles. The lowest BCUT2D eigenvalue weighted by molar-refractivity contribution is -0.125. The van der Waals surface area contributed by atoms with Gasteiger partial charge in [-0.15, -0.1) is 0 Å². The van der Waals surface area contributed by atoms with Crippen molar-refractivity contribution in [2.75, 3.05) is 19.7 Å². The SMILES string of the molecule is CC(C)COc1ccccc1CNC(=O)[C@H]1CNC[C@@H]1c1cnn(C)c1. The second-order valence-electron chi connectivity index (χ2n) is 7.35. The first-order chi connectivity index (χ1) is 12.5. The quantitative estimate of drug-likeness (QED) is 0.797. The van der Waals surface area contributed by atoms with Gasteiger partial charge in [-0.3, -0.25) is 9.48 Å². The summed E-state index contributed by atoms with van der Waals surface area (Å²) < 4.78 is 7.66. The maximum Gasteiger partial charge on any atom is 0.225 e. The molecule has 1 amide bonds. The lowest BCUT2D eigenvalue weighted by Gasteiger charge is -2.18. The molecule has 0 saturated carbocycles. The average molecular weight is 356 g/mol. The van der Waals surface area contributed by atoms with Crippen LogP contribution in [0, 0.1) is 11.8 Å². The van der Waals surface area contributed by atoms with E-state index in [9.17, 15) is 4.79 Å². The van der Waals surface area contributed by atoms with Crippen LogP contribution >= 0.6 is 0 Å². The predicted molar refractivity (Wildman–Crippen MR) is 101 cm³/mol. The third kappa shape index (κ3) is 4.43. The second kappa shape index (κ2) is 8.36. The lowest BCUT2D eigenvalue weighted by Crippen LogP contribution is -2.34. The van der Waals surface area contributed by atoms with Gasteiger partial charge in [-0.05, 0) is 17.5 Å². The topological polar surface area (TPSA) is 68.2 Å². The molecule has 1 aliphatic rings. The van der Waals surface area contributed by atoms with Crippen molar-refractivity contribution in [3.8, 4) is 5.75 Å². The molecule has 0 spiro atoms. The van der Waals surface area contributed by atoms with Gasteiger partial charge in [0.15, 0.2) is 0 Å².